The van der Waals surface area contributed by atoms with Gasteiger partial charge in [-0.15, -0.1) is 0 Å². The Hall–Kier alpha value is -0.303. The standard InChI is InChI=1S/C14H26Si/c1-2-3-4-5-6-10-13-15-14-11-8-7-9-12-14/h8-9,11-12,14H,2-7,10,13,15H2,1H3. The molecule has 1 rings (SSSR count). The Morgan fingerprint density at radius 1 is 1.00 bits per heavy atom. The average Bonchev–Trinajstić information content (AvgIpc) is 2.29. The molecule has 0 atom stereocenters. The smallest absolute Gasteiger partial charge is 0.0327 e. The Labute approximate surface area is 97.7 Å². The maximum absolute atomic E-state index is 2.43. The van der Waals surface area contributed by atoms with E-state index in [2.05, 4.69) is 31.2 Å². The van der Waals surface area contributed by atoms with Crippen molar-refractivity contribution < 1.29 is 0 Å². The molecule has 1 aliphatic rings. The molecule has 0 heterocycles. The van der Waals surface area contributed by atoms with Crippen molar-refractivity contribution in [3.8, 4) is 0 Å². The SMILES string of the molecule is CCCCCCCC[SiH2]C1C=CCC=C1. The van der Waals surface area contributed by atoms with Gasteiger partial charge in [0.2, 0.25) is 0 Å². The van der Waals surface area contributed by atoms with E-state index in [0.29, 0.717) is 0 Å². The first kappa shape index (κ1) is 12.8. The Morgan fingerprint density at radius 3 is 2.40 bits per heavy atom. The molecule has 15 heavy (non-hydrogen) atoms. The summed E-state index contributed by atoms with van der Waals surface area (Å²) in [5, 5.41) is 0. The number of unbranched alkanes of at least 4 members (excludes halogenated alkanes) is 5. The number of hydrogen-bond acceptors (Lipinski definition) is 0. The van der Waals surface area contributed by atoms with Crippen LogP contribution in [0.5, 0.6) is 0 Å². The molecule has 0 unspecified atom stereocenters. The summed E-state index contributed by atoms with van der Waals surface area (Å²) < 4.78 is 0. The van der Waals surface area contributed by atoms with Crippen molar-refractivity contribution in [3.63, 3.8) is 0 Å². The van der Waals surface area contributed by atoms with Gasteiger partial charge in [0.25, 0.3) is 0 Å². The van der Waals surface area contributed by atoms with Crippen LogP contribution in [0.2, 0.25) is 11.6 Å². The van der Waals surface area contributed by atoms with E-state index in [1.54, 1.807) is 6.04 Å². The Kier molecular flexibility index (Phi) is 7.63. The minimum Gasteiger partial charge on any atom is -0.0847 e. The van der Waals surface area contributed by atoms with Gasteiger partial charge in [-0.2, -0.15) is 0 Å². The summed E-state index contributed by atoms with van der Waals surface area (Å²) in [6, 6.07) is 1.55. The molecular formula is C14H26Si. The van der Waals surface area contributed by atoms with Crippen LogP contribution in [0.4, 0.5) is 0 Å². The van der Waals surface area contributed by atoms with Crippen LogP contribution in [0.15, 0.2) is 24.3 Å². The van der Waals surface area contributed by atoms with Crippen molar-refractivity contribution in [2.24, 2.45) is 0 Å². The highest BCUT2D eigenvalue weighted by atomic mass is 28.2. The molecule has 0 radical (unpaired) electrons. The van der Waals surface area contributed by atoms with Crippen molar-refractivity contribution in [2.75, 3.05) is 0 Å². The molecule has 0 aliphatic heterocycles. The molecule has 86 valence electrons. The predicted molar refractivity (Wildman–Crippen MR) is 73.4 cm³/mol. The van der Waals surface area contributed by atoms with Gasteiger partial charge in [-0.3, -0.25) is 0 Å². The van der Waals surface area contributed by atoms with Crippen molar-refractivity contribution in [1.82, 2.24) is 0 Å². The lowest BCUT2D eigenvalue weighted by molar-refractivity contribution is 0.623. The van der Waals surface area contributed by atoms with E-state index < -0.39 is 0 Å². The van der Waals surface area contributed by atoms with E-state index in [9.17, 15) is 0 Å². The molecule has 0 saturated heterocycles. The van der Waals surface area contributed by atoms with Crippen LogP contribution in [-0.2, 0) is 0 Å². The molecule has 0 amide bonds. The van der Waals surface area contributed by atoms with E-state index in [4.69, 9.17) is 0 Å². The van der Waals surface area contributed by atoms with Crippen LogP contribution >= 0.6 is 0 Å². The van der Waals surface area contributed by atoms with Crippen molar-refractivity contribution >= 4 is 9.52 Å². The third kappa shape index (κ3) is 6.72. The lowest BCUT2D eigenvalue weighted by Gasteiger charge is -2.09. The summed E-state index contributed by atoms with van der Waals surface area (Å²) in [5.41, 5.74) is 0.884. The molecule has 0 N–H and O–H groups in total. The van der Waals surface area contributed by atoms with Gasteiger partial charge in [0.05, 0.1) is 0 Å². The molecule has 0 aromatic rings. The molecular weight excluding hydrogens is 196 g/mol. The minimum atomic E-state index is 0.152. The van der Waals surface area contributed by atoms with Gasteiger partial charge < -0.3 is 0 Å². The van der Waals surface area contributed by atoms with Gasteiger partial charge in [-0.25, -0.2) is 0 Å². The molecule has 0 aromatic carbocycles. The fourth-order valence-corrected chi connectivity index (χ4v) is 4.06. The predicted octanol–water partition coefficient (Wildman–Crippen LogP) is 4.24. The molecule has 0 nitrogen and oxygen atoms in total. The van der Waals surface area contributed by atoms with Crippen molar-refractivity contribution in [2.45, 2.75) is 63.5 Å². The van der Waals surface area contributed by atoms with E-state index in [1.165, 1.54) is 44.9 Å². The van der Waals surface area contributed by atoms with Gasteiger partial charge in [-0.1, -0.05) is 75.8 Å². The van der Waals surface area contributed by atoms with Crippen LogP contribution in [0.25, 0.3) is 0 Å². The number of allylic oxidation sites excluding steroid dienone is 4. The van der Waals surface area contributed by atoms with Gasteiger partial charge in [0.1, 0.15) is 0 Å². The second kappa shape index (κ2) is 8.96. The van der Waals surface area contributed by atoms with Gasteiger partial charge in [0, 0.05) is 9.52 Å². The fraction of sp³-hybridized carbons (Fsp3) is 0.714. The second-order valence-corrected chi connectivity index (χ2v) is 6.89. The molecule has 0 bridgehead atoms. The molecule has 0 fully saturated rings. The largest absolute Gasteiger partial charge is 0.0847 e. The summed E-state index contributed by atoms with van der Waals surface area (Å²) in [6.07, 6.45) is 19.4. The maximum atomic E-state index is 2.43. The van der Waals surface area contributed by atoms with Crippen LogP contribution in [0, 0.1) is 0 Å². The molecule has 0 spiro atoms. The zero-order chi connectivity index (χ0) is 10.8. The lowest BCUT2D eigenvalue weighted by atomic mass is 10.1. The summed E-state index contributed by atoms with van der Waals surface area (Å²) in [4.78, 5) is 0. The van der Waals surface area contributed by atoms with Gasteiger partial charge >= 0.3 is 0 Å². The monoisotopic (exact) mass is 222 g/mol. The first-order chi connectivity index (χ1) is 7.43. The van der Waals surface area contributed by atoms with Crippen LogP contribution in [0.3, 0.4) is 0 Å². The normalized spacial score (nSPS) is 16.9. The van der Waals surface area contributed by atoms with E-state index in [-0.39, 0.29) is 9.52 Å². The molecule has 1 aliphatic carbocycles. The van der Waals surface area contributed by atoms with E-state index in [1.807, 2.05) is 0 Å². The van der Waals surface area contributed by atoms with Crippen LogP contribution < -0.4 is 0 Å². The fourth-order valence-electron chi connectivity index (χ4n) is 2.18. The topological polar surface area (TPSA) is 0 Å². The maximum Gasteiger partial charge on any atom is 0.0327 e. The Morgan fingerprint density at radius 2 is 1.67 bits per heavy atom. The summed E-state index contributed by atoms with van der Waals surface area (Å²) in [7, 11) is 0.152. The van der Waals surface area contributed by atoms with Crippen LogP contribution in [0.1, 0.15) is 51.9 Å². The number of rotatable bonds is 8. The zero-order valence-corrected chi connectivity index (χ0v) is 11.7. The zero-order valence-electron chi connectivity index (χ0n) is 10.3. The van der Waals surface area contributed by atoms with Crippen LogP contribution in [-0.4, -0.2) is 9.52 Å². The average molecular weight is 222 g/mol. The van der Waals surface area contributed by atoms with Crippen molar-refractivity contribution in [1.29, 1.82) is 0 Å². The quantitative estimate of drug-likeness (QED) is 0.327. The van der Waals surface area contributed by atoms with Gasteiger partial charge in [0.15, 0.2) is 0 Å². The third-order valence-electron chi connectivity index (χ3n) is 3.18. The highest BCUT2D eigenvalue weighted by Crippen LogP contribution is 2.17. The highest BCUT2D eigenvalue weighted by Gasteiger charge is 2.02. The Bertz CT molecular complexity index is 182. The first-order valence-corrected chi connectivity index (χ1v) is 8.58. The third-order valence-corrected chi connectivity index (χ3v) is 5.30. The highest BCUT2D eigenvalue weighted by molar-refractivity contribution is 6.39. The van der Waals surface area contributed by atoms with Crippen molar-refractivity contribution in [3.05, 3.63) is 24.3 Å². The molecule has 0 aromatic heterocycles. The van der Waals surface area contributed by atoms with E-state index in [0.717, 1.165) is 5.54 Å². The summed E-state index contributed by atoms with van der Waals surface area (Å²) in [5.74, 6) is 0. The minimum absolute atomic E-state index is 0.152. The summed E-state index contributed by atoms with van der Waals surface area (Å²) in [6.45, 7) is 2.29. The number of hydrogen-bond donors (Lipinski definition) is 0. The molecule has 0 saturated carbocycles. The first-order valence-electron chi connectivity index (χ1n) is 6.77. The summed E-state index contributed by atoms with van der Waals surface area (Å²) >= 11 is 0. The Balaban J connectivity index is 1.86. The second-order valence-electron chi connectivity index (χ2n) is 4.67. The van der Waals surface area contributed by atoms with Gasteiger partial charge in [-0.05, 0) is 12.0 Å². The lowest BCUT2D eigenvalue weighted by Crippen LogP contribution is -1.99. The van der Waals surface area contributed by atoms with E-state index >= 15 is 0 Å². The molecule has 1 heteroatoms.